The number of fused-ring (bicyclic) bond motifs is 3. The zero-order valence-electron chi connectivity index (χ0n) is 29.1. The Morgan fingerprint density at radius 3 is 2.20 bits per heavy atom. The van der Waals surface area contributed by atoms with Crippen molar-refractivity contribution < 1.29 is 28.9 Å². The van der Waals surface area contributed by atoms with E-state index in [0.29, 0.717) is 17.4 Å². The van der Waals surface area contributed by atoms with Gasteiger partial charge in [-0.25, -0.2) is 4.39 Å². The molecular weight excluding hydrogens is 800 g/mol. The molecule has 49 heavy (non-hydrogen) atoms. The number of pyridine rings is 2. The van der Waals surface area contributed by atoms with Gasteiger partial charge >= 0.3 is 0 Å². The Labute approximate surface area is 304 Å². The van der Waals surface area contributed by atoms with Crippen molar-refractivity contribution in [2.75, 3.05) is 0 Å². The van der Waals surface area contributed by atoms with Crippen LogP contribution >= 0.6 is 0 Å². The molecule has 7 aromatic rings. The van der Waals surface area contributed by atoms with Crippen molar-refractivity contribution in [1.82, 2.24) is 9.97 Å². The SMILES string of the molecule is CC(C)c1cc(-c2[c-]cccc2)ncc1[Si](C)(C)C.CC(C)c1ccnc(-c2[c-]ccc3c2oc2cc(-c4ccccc4F)ccc23)c1.[Ir]. The molecule has 0 saturated carbocycles. The van der Waals surface area contributed by atoms with Gasteiger partial charge in [-0.2, -0.15) is 0 Å². The maximum absolute atomic E-state index is 14.2. The molecule has 0 amide bonds. The van der Waals surface area contributed by atoms with Crippen LogP contribution in [0.25, 0.3) is 55.6 Å². The molecule has 3 heterocycles. The summed E-state index contributed by atoms with van der Waals surface area (Å²) in [7, 11) is -1.34. The minimum absolute atomic E-state index is 0. The van der Waals surface area contributed by atoms with Crippen LogP contribution in [-0.2, 0) is 20.1 Å². The molecule has 0 spiro atoms. The summed E-state index contributed by atoms with van der Waals surface area (Å²) in [4.78, 5) is 9.21. The molecule has 7 rings (SSSR count). The van der Waals surface area contributed by atoms with Crippen molar-refractivity contribution in [3.8, 4) is 33.6 Å². The Hall–Kier alpha value is -4.22. The van der Waals surface area contributed by atoms with E-state index in [1.807, 2.05) is 66.9 Å². The summed E-state index contributed by atoms with van der Waals surface area (Å²) >= 11 is 0. The number of hydrogen-bond acceptors (Lipinski definition) is 3. The number of hydrogen-bond donors (Lipinski definition) is 0. The van der Waals surface area contributed by atoms with E-state index in [9.17, 15) is 4.39 Å². The number of furan rings is 1. The molecule has 0 fully saturated rings. The second-order valence-corrected chi connectivity index (χ2v) is 18.9. The molecule has 1 radical (unpaired) electrons. The van der Waals surface area contributed by atoms with E-state index < -0.39 is 8.07 Å². The Morgan fingerprint density at radius 2 is 1.51 bits per heavy atom. The van der Waals surface area contributed by atoms with Crippen LogP contribution in [0.5, 0.6) is 0 Å². The van der Waals surface area contributed by atoms with Gasteiger partial charge in [0.2, 0.25) is 0 Å². The molecule has 0 aliphatic rings. The van der Waals surface area contributed by atoms with Crippen LogP contribution in [0.15, 0.2) is 114 Å². The monoisotopic (exact) mass is 841 g/mol. The van der Waals surface area contributed by atoms with Gasteiger partial charge in [0.05, 0.1) is 13.7 Å². The van der Waals surface area contributed by atoms with E-state index in [2.05, 4.69) is 93.8 Å². The Balaban J connectivity index is 0.000000205. The smallest absolute Gasteiger partial charge is 0.131 e. The molecule has 3 nitrogen and oxygen atoms in total. The third kappa shape index (κ3) is 7.83. The molecule has 0 atom stereocenters. The van der Waals surface area contributed by atoms with E-state index in [1.54, 1.807) is 12.1 Å². The molecule has 0 N–H and O–H groups in total. The predicted octanol–water partition coefficient (Wildman–Crippen LogP) is 11.6. The number of aromatic nitrogens is 2. The van der Waals surface area contributed by atoms with Crippen molar-refractivity contribution in [3.05, 3.63) is 139 Å². The molecule has 4 aromatic carbocycles. The van der Waals surface area contributed by atoms with Gasteiger partial charge in [0.1, 0.15) is 11.4 Å². The van der Waals surface area contributed by atoms with Crippen LogP contribution in [0.4, 0.5) is 4.39 Å². The summed E-state index contributed by atoms with van der Waals surface area (Å²) in [5, 5.41) is 3.48. The first-order chi connectivity index (χ1) is 23.0. The molecule has 3 aromatic heterocycles. The number of halogens is 1. The van der Waals surface area contributed by atoms with Gasteiger partial charge in [-0.15, -0.1) is 54.1 Å². The largest absolute Gasteiger partial charge is 0.501 e. The summed E-state index contributed by atoms with van der Waals surface area (Å²) in [6, 6.07) is 37.5. The second-order valence-electron chi connectivity index (χ2n) is 13.9. The molecule has 6 heteroatoms. The fourth-order valence-corrected chi connectivity index (χ4v) is 7.69. The standard InChI is InChI=1S/C26H19FNO.C17H22NSi.Ir/c1-16(2)17-12-13-28-24(14-17)22-8-5-7-21-20-11-10-18(15-25(20)29-26(21)22)19-6-3-4-9-23(19)27;1-13(2)15-11-16(14-9-7-6-8-10-14)18-12-17(15)19(3,4)5;/h3-7,9-16H,1-2H3;6-9,11-13H,1-5H3;/q2*-1;. The number of nitrogens with zero attached hydrogens (tertiary/aromatic N) is 2. The fourth-order valence-electron chi connectivity index (χ4n) is 6.01. The molecule has 0 bridgehead atoms. The summed E-state index contributed by atoms with van der Waals surface area (Å²) in [6.07, 6.45) is 3.92. The van der Waals surface area contributed by atoms with Gasteiger partial charge in [-0.1, -0.05) is 112 Å². The van der Waals surface area contributed by atoms with E-state index in [0.717, 1.165) is 50.0 Å². The van der Waals surface area contributed by atoms with Gasteiger partial charge in [0.15, 0.2) is 0 Å². The zero-order valence-corrected chi connectivity index (χ0v) is 32.5. The Kier molecular flexibility index (Phi) is 11.1. The van der Waals surface area contributed by atoms with Crippen molar-refractivity contribution in [2.45, 2.75) is 59.2 Å². The minimum Gasteiger partial charge on any atom is -0.501 e. The van der Waals surface area contributed by atoms with E-state index in [4.69, 9.17) is 4.42 Å². The predicted molar refractivity (Wildman–Crippen MR) is 201 cm³/mol. The maximum atomic E-state index is 14.2. The normalized spacial score (nSPS) is 11.5. The van der Waals surface area contributed by atoms with Gasteiger partial charge in [0, 0.05) is 43.4 Å². The van der Waals surface area contributed by atoms with Crippen LogP contribution in [-0.4, -0.2) is 18.0 Å². The average molecular weight is 841 g/mol. The van der Waals surface area contributed by atoms with Crippen molar-refractivity contribution in [1.29, 1.82) is 0 Å². The fraction of sp³-hybridized carbons (Fsp3) is 0.209. The van der Waals surface area contributed by atoms with Crippen LogP contribution in [0, 0.1) is 17.9 Å². The van der Waals surface area contributed by atoms with Gasteiger partial charge < -0.3 is 14.4 Å². The van der Waals surface area contributed by atoms with E-state index in [-0.39, 0.29) is 25.9 Å². The van der Waals surface area contributed by atoms with Gasteiger partial charge in [-0.3, -0.25) is 0 Å². The third-order valence-corrected chi connectivity index (χ3v) is 10.7. The molecule has 251 valence electrons. The van der Waals surface area contributed by atoms with Crippen molar-refractivity contribution in [2.24, 2.45) is 0 Å². The van der Waals surface area contributed by atoms with Gasteiger partial charge in [0.25, 0.3) is 0 Å². The first-order valence-corrected chi connectivity index (χ1v) is 20.1. The van der Waals surface area contributed by atoms with E-state index >= 15 is 0 Å². The van der Waals surface area contributed by atoms with Gasteiger partial charge in [-0.05, 0) is 52.2 Å². The number of benzene rings is 4. The van der Waals surface area contributed by atoms with Crippen LogP contribution < -0.4 is 5.19 Å². The molecule has 0 unspecified atom stereocenters. The van der Waals surface area contributed by atoms with Crippen molar-refractivity contribution >= 4 is 35.2 Å². The molecule has 0 aliphatic carbocycles. The topological polar surface area (TPSA) is 38.9 Å². The first-order valence-electron chi connectivity index (χ1n) is 16.6. The number of rotatable bonds is 6. The summed E-state index contributed by atoms with van der Waals surface area (Å²) in [6.45, 7) is 16.0. The minimum atomic E-state index is -1.34. The Morgan fingerprint density at radius 1 is 0.735 bits per heavy atom. The molecule has 0 saturated heterocycles. The zero-order chi connectivity index (χ0) is 34.0. The first kappa shape index (κ1) is 36.1. The van der Waals surface area contributed by atoms with Crippen LogP contribution in [0.2, 0.25) is 19.6 Å². The summed E-state index contributed by atoms with van der Waals surface area (Å²) < 4.78 is 20.5. The van der Waals surface area contributed by atoms with Crippen LogP contribution in [0.3, 0.4) is 0 Å². The summed E-state index contributed by atoms with van der Waals surface area (Å²) in [5.41, 5.74) is 9.29. The quantitative estimate of drug-likeness (QED) is 0.124. The van der Waals surface area contributed by atoms with E-state index in [1.165, 1.54) is 22.4 Å². The average Bonchev–Trinajstić information content (AvgIpc) is 3.46. The third-order valence-electron chi connectivity index (χ3n) is 8.68. The molecular formula is C43H41FIrN2OSi-2. The Bertz CT molecular complexity index is 2200. The summed E-state index contributed by atoms with van der Waals surface area (Å²) in [5.74, 6) is 0.703. The maximum Gasteiger partial charge on any atom is 0.131 e. The van der Waals surface area contributed by atoms with Crippen LogP contribution in [0.1, 0.15) is 50.7 Å². The second kappa shape index (κ2) is 15.1. The molecule has 0 aliphatic heterocycles. The van der Waals surface area contributed by atoms with Crippen molar-refractivity contribution in [3.63, 3.8) is 0 Å².